The highest BCUT2D eigenvalue weighted by molar-refractivity contribution is 5.35. The van der Waals surface area contributed by atoms with Gasteiger partial charge in [-0.3, -0.25) is 4.79 Å². The minimum absolute atomic E-state index is 0.0595. The number of rotatable bonds is 5. The molecule has 138 valence electrons. The van der Waals surface area contributed by atoms with Gasteiger partial charge in [0.15, 0.2) is 5.82 Å². The molecule has 0 spiro atoms. The molecular weight excluding hydrogens is 334 g/mol. The summed E-state index contributed by atoms with van der Waals surface area (Å²) in [7, 11) is 1.61. The van der Waals surface area contributed by atoms with E-state index in [-0.39, 0.29) is 17.6 Å². The second-order valence-electron chi connectivity index (χ2n) is 6.75. The standard InChI is InChI=1S/C18H23N5O3/c1-25-11-17-19-7-6-16(21-17)20-14-9-26-10-15(14)23-18(24)8-12-4-2-3-5-13(12)22-23/h6-8,14-15H,2-5,9-11H2,1H3,(H,19,20,21). The highest BCUT2D eigenvalue weighted by Gasteiger charge is 2.32. The minimum atomic E-state index is -0.157. The quantitative estimate of drug-likeness (QED) is 0.857. The highest BCUT2D eigenvalue weighted by Crippen LogP contribution is 2.23. The van der Waals surface area contributed by atoms with Crippen LogP contribution in [0.2, 0.25) is 0 Å². The predicted molar refractivity (Wildman–Crippen MR) is 95.2 cm³/mol. The zero-order valence-electron chi connectivity index (χ0n) is 14.9. The first-order valence-electron chi connectivity index (χ1n) is 9.01. The molecule has 1 N–H and O–H groups in total. The number of nitrogens with zero attached hydrogens (tertiary/aromatic N) is 4. The van der Waals surface area contributed by atoms with Gasteiger partial charge < -0.3 is 14.8 Å². The lowest BCUT2D eigenvalue weighted by Crippen LogP contribution is -2.38. The SMILES string of the molecule is COCc1nccc(NC2COCC2n2nc3c(cc2=O)CCCC3)n1. The number of fused-ring (bicyclic) bond motifs is 1. The largest absolute Gasteiger partial charge is 0.377 e. The number of aromatic nitrogens is 4. The Balaban J connectivity index is 1.57. The van der Waals surface area contributed by atoms with Gasteiger partial charge in [0.2, 0.25) is 0 Å². The molecule has 3 heterocycles. The predicted octanol–water partition coefficient (Wildman–Crippen LogP) is 1.11. The third-order valence-electron chi connectivity index (χ3n) is 4.91. The molecule has 1 aliphatic carbocycles. The molecule has 0 bridgehead atoms. The third kappa shape index (κ3) is 3.47. The maximum absolute atomic E-state index is 12.6. The molecule has 0 radical (unpaired) electrons. The average Bonchev–Trinajstić information content (AvgIpc) is 3.09. The summed E-state index contributed by atoms with van der Waals surface area (Å²) >= 11 is 0. The molecule has 1 fully saturated rings. The number of ether oxygens (including phenoxy) is 2. The van der Waals surface area contributed by atoms with Gasteiger partial charge in [0.05, 0.1) is 24.9 Å². The van der Waals surface area contributed by atoms with Crippen molar-refractivity contribution < 1.29 is 9.47 Å². The van der Waals surface area contributed by atoms with E-state index in [1.807, 2.05) is 0 Å². The molecule has 2 aromatic heterocycles. The molecule has 4 rings (SSSR count). The molecule has 8 heteroatoms. The van der Waals surface area contributed by atoms with E-state index >= 15 is 0 Å². The summed E-state index contributed by atoms with van der Waals surface area (Å²) in [4.78, 5) is 21.2. The lowest BCUT2D eigenvalue weighted by Gasteiger charge is -2.23. The summed E-state index contributed by atoms with van der Waals surface area (Å²) in [5.74, 6) is 1.30. The van der Waals surface area contributed by atoms with Crippen LogP contribution in [0.4, 0.5) is 5.82 Å². The van der Waals surface area contributed by atoms with Crippen molar-refractivity contribution in [1.82, 2.24) is 19.7 Å². The monoisotopic (exact) mass is 357 g/mol. The van der Waals surface area contributed by atoms with Crippen LogP contribution in [-0.4, -0.2) is 46.1 Å². The van der Waals surface area contributed by atoms with Crippen LogP contribution < -0.4 is 10.9 Å². The van der Waals surface area contributed by atoms with Gasteiger partial charge in [0.25, 0.3) is 5.56 Å². The molecule has 26 heavy (non-hydrogen) atoms. The Kier molecular flexibility index (Phi) is 4.94. The van der Waals surface area contributed by atoms with Gasteiger partial charge in [0.1, 0.15) is 18.5 Å². The second-order valence-corrected chi connectivity index (χ2v) is 6.75. The number of nitrogens with one attached hydrogen (secondary N) is 1. The Morgan fingerprint density at radius 3 is 3.12 bits per heavy atom. The van der Waals surface area contributed by atoms with E-state index in [9.17, 15) is 4.79 Å². The maximum atomic E-state index is 12.6. The number of anilines is 1. The second kappa shape index (κ2) is 7.51. The van der Waals surface area contributed by atoms with Crippen LogP contribution in [0.5, 0.6) is 0 Å². The van der Waals surface area contributed by atoms with Crippen LogP contribution in [0, 0.1) is 0 Å². The van der Waals surface area contributed by atoms with Gasteiger partial charge in [-0.2, -0.15) is 5.10 Å². The normalized spacial score (nSPS) is 22.2. The van der Waals surface area contributed by atoms with E-state index in [4.69, 9.17) is 9.47 Å². The van der Waals surface area contributed by atoms with Crippen LogP contribution in [-0.2, 0) is 28.9 Å². The molecule has 1 aliphatic heterocycles. The van der Waals surface area contributed by atoms with Crippen LogP contribution in [0.1, 0.15) is 36.0 Å². The first-order valence-corrected chi connectivity index (χ1v) is 9.01. The van der Waals surface area contributed by atoms with E-state index in [1.165, 1.54) is 0 Å². The van der Waals surface area contributed by atoms with Gasteiger partial charge in [0, 0.05) is 19.4 Å². The molecule has 0 aromatic carbocycles. The number of methoxy groups -OCH3 is 1. The van der Waals surface area contributed by atoms with Crippen molar-refractivity contribution in [3.63, 3.8) is 0 Å². The summed E-state index contributed by atoms with van der Waals surface area (Å²) in [6, 6.07) is 3.32. The summed E-state index contributed by atoms with van der Waals surface area (Å²) < 4.78 is 12.3. The van der Waals surface area contributed by atoms with Crippen molar-refractivity contribution in [2.75, 3.05) is 25.6 Å². The Morgan fingerprint density at radius 2 is 2.23 bits per heavy atom. The zero-order chi connectivity index (χ0) is 17.9. The van der Waals surface area contributed by atoms with Crippen molar-refractivity contribution in [3.8, 4) is 0 Å². The zero-order valence-corrected chi connectivity index (χ0v) is 14.9. The topological polar surface area (TPSA) is 91.2 Å². The molecule has 1 saturated heterocycles. The van der Waals surface area contributed by atoms with E-state index in [1.54, 1.807) is 30.1 Å². The average molecular weight is 357 g/mol. The number of hydrogen-bond acceptors (Lipinski definition) is 7. The molecule has 2 unspecified atom stereocenters. The minimum Gasteiger partial charge on any atom is -0.377 e. The number of aryl methyl sites for hydroxylation is 2. The summed E-state index contributed by atoms with van der Waals surface area (Å²) in [5, 5.41) is 8.03. The molecule has 0 saturated carbocycles. The molecule has 8 nitrogen and oxygen atoms in total. The highest BCUT2D eigenvalue weighted by atomic mass is 16.5. The van der Waals surface area contributed by atoms with Crippen LogP contribution in [0.25, 0.3) is 0 Å². The fourth-order valence-corrected chi connectivity index (χ4v) is 3.60. The molecule has 2 aromatic rings. The fourth-order valence-electron chi connectivity index (χ4n) is 3.60. The first-order chi connectivity index (χ1) is 12.7. The summed E-state index contributed by atoms with van der Waals surface area (Å²) in [6.07, 6.45) is 5.84. The van der Waals surface area contributed by atoms with Crippen molar-refractivity contribution in [2.24, 2.45) is 0 Å². The van der Waals surface area contributed by atoms with Crippen LogP contribution >= 0.6 is 0 Å². The summed E-state index contributed by atoms with van der Waals surface area (Å²) in [6.45, 7) is 1.31. The molecule has 2 aliphatic rings. The lowest BCUT2D eigenvalue weighted by atomic mass is 9.97. The van der Waals surface area contributed by atoms with Gasteiger partial charge in [-0.05, 0) is 37.3 Å². The lowest BCUT2D eigenvalue weighted by molar-refractivity contribution is 0.178. The third-order valence-corrected chi connectivity index (χ3v) is 4.91. The van der Waals surface area contributed by atoms with Crippen molar-refractivity contribution in [1.29, 1.82) is 0 Å². The molecular formula is C18H23N5O3. The van der Waals surface area contributed by atoms with Gasteiger partial charge in [-0.1, -0.05) is 0 Å². The van der Waals surface area contributed by atoms with Crippen molar-refractivity contribution in [2.45, 2.75) is 44.4 Å². The van der Waals surface area contributed by atoms with Gasteiger partial charge in [-0.25, -0.2) is 14.6 Å². The first kappa shape index (κ1) is 17.1. The number of hydrogen-bond donors (Lipinski definition) is 1. The molecule has 0 amide bonds. The van der Waals surface area contributed by atoms with Crippen molar-refractivity contribution in [3.05, 3.63) is 45.8 Å². The van der Waals surface area contributed by atoms with E-state index < -0.39 is 0 Å². The fraction of sp³-hybridized carbons (Fsp3) is 0.556. The maximum Gasteiger partial charge on any atom is 0.267 e. The van der Waals surface area contributed by atoms with Crippen molar-refractivity contribution >= 4 is 5.82 Å². The smallest absolute Gasteiger partial charge is 0.267 e. The Hall–Kier alpha value is -2.32. The van der Waals surface area contributed by atoms with Gasteiger partial charge in [-0.15, -0.1) is 0 Å². The van der Waals surface area contributed by atoms with E-state index in [0.29, 0.717) is 31.5 Å². The molecule has 2 atom stereocenters. The Bertz CT molecular complexity index is 838. The Labute approximate surface area is 151 Å². The van der Waals surface area contributed by atoms with E-state index in [2.05, 4.69) is 20.4 Å². The Morgan fingerprint density at radius 1 is 1.35 bits per heavy atom. The van der Waals surface area contributed by atoms with Crippen LogP contribution in [0.3, 0.4) is 0 Å². The van der Waals surface area contributed by atoms with Crippen LogP contribution in [0.15, 0.2) is 23.1 Å². The summed E-state index contributed by atoms with van der Waals surface area (Å²) in [5.41, 5.74) is 2.09. The van der Waals surface area contributed by atoms with E-state index in [0.717, 1.165) is 36.9 Å². The van der Waals surface area contributed by atoms with Gasteiger partial charge >= 0.3 is 0 Å².